The van der Waals surface area contributed by atoms with Crippen molar-refractivity contribution in [1.82, 2.24) is 19.7 Å². The lowest BCUT2D eigenvalue weighted by atomic mass is 9.94. The van der Waals surface area contributed by atoms with E-state index in [0.29, 0.717) is 12.0 Å². The van der Waals surface area contributed by atoms with Gasteiger partial charge >= 0.3 is 0 Å². The van der Waals surface area contributed by atoms with Crippen LogP contribution in [0, 0.1) is 0 Å². The largest absolute Gasteiger partial charge is 0.306 e. The average molecular weight is 284 g/mol. The van der Waals surface area contributed by atoms with E-state index in [2.05, 4.69) is 55.2 Å². The fraction of sp³-hybridized carbons (Fsp3) is 0.529. The van der Waals surface area contributed by atoms with Gasteiger partial charge in [-0.05, 0) is 58.5 Å². The monoisotopic (exact) mass is 284 g/mol. The van der Waals surface area contributed by atoms with Crippen LogP contribution in [0.3, 0.4) is 0 Å². The molecule has 1 unspecified atom stereocenters. The minimum atomic E-state index is 0.348. The van der Waals surface area contributed by atoms with Crippen molar-refractivity contribution in [1.29, 1.82) is 0 Å². The van der Waals surface area contributed by atoms with Gasteiger partial charge in [-0.1, -0.05) is 6.07 Å². The van der Waals surface area contributed by atoms with Crippen LogP contribution in [0.25, 0.3) is 11.4 Å². The smallest absolute Gasteiger partial charge is 0.0886 e. The Kier molecular flexibility index (Phi) is 4.06. The summed E-state index contributed by atoms with van der Waals surface area (Å²) in [5.74, 6) is 0.555. The topological polar surface area (TPSA) is 34.0 Å². The highest BCUT2D eigenvalue weighted by atomic mass is 15.3. The molecule has 4 nitrogen and oxygen atoms in total. The van der Waals surface area contributed by atoms with Gasteiger partial charge in [0.05, 0.1) is 11.4 Å². The summed E-state index contributed by atoms with van der Waals surface area (Å²) in [7, 11) is 2.20. The van der Waals surface area contributed by atoms with Crippen LogP contribution in [-0.2, 0) is 0 Å². The van der Waals surface area contributed by atoms with Gasteiger partial charge in [0.15, 0.2) is 0 Å². The van der Waals surface area contributed by atoms with E-state index in [9.17, 15) is 0 Å². The second-order valence-corrected chi connectivity index (χ2v) is 6.30. The number of pyridine rings is 1. The van der Waals surface area contributed by atoms with Crippen LogP contribution in [0.5, 0.6) is 0 Å². The lowest BCUT2D eigenvalue weighted by molar-refractivity contribution is 0.248. The lowest BCUT2D eigenvalue weighted by Crippen LogP contribution is -2.31. The molecule has 0 aromatic carbocycles. The molecule has 0 bridgehead atoms. The van der Waals surface area contributed by atoms with E-state index in [4.69, 9.17) is 4.98 Å². The summed E-state index contributed by atoms with van der Waals surface area (Å²) >= 11 is 0. The highest BCUT2D eigenvalue weighted by Gasteiger charge is 2.20. The number of nitrogens with zero attached hydrogens (tertiary/aromatic N) is 4. The summed E-state index contributed by atoms with van der Waals surface area (Å²) in [5, 5.41) is 4.41. The van der Waals surface area contributed by atoms with Crippen LogP contribution in [0.15, 0.2) is 30.5 Å². The Morgan fingerprint density at radius 3 is 2.86 bits per heavy atom. The van der Waals surface area contributed by atoms with E-state index in [-0.39, 0.29) is 0 Å². The Balaban J connectivity index is 1.91. The zero-order valence-electron chi connectivity index (χ0n) is 13.2. The van der Waals surface area contributed by atoms with Gasteiger partial charge in [0.1, 0.15) is 0 Å². The number of likely N-dealkylation sites (tertiary alicyclic amines) is 1. The van der Waals surface area contributed by atoms with Crippen molar-refractivity contribution in [3.63, 3.8) is 0 Å². The Morgan fingerprint density at radius 2 is 2.10 bits per heavy atom. The van der Waals surface area contributed by atoms with Crippen LogP contribution in [0.1, 0.15) is 44.3 Å². The normalized spacial score (nSPS) is 20.1. The van der Waals surface area contributed by atoms with E-state index in [0.717, 1.165) is 17.9 Å². The van der Waals surface area contributed by atoms with E-state index < -0.39 is 0 Å². The third-order valence-corrected chi connectivity index (χ3v) is 4.24. The highest BCUT2D eigenvalue weighted by Crippen LogP contribution is 2.27. The van der Waals surface area contributed by atoms with E-state index in [1.165, 1.54) is 25.1 Å². The SMILES string of the molecule is CC(C)n1nccc1-c1cccc(C2CCCN(C)C2)n1. The molecule has 0 saturated carbocycles. The molecule has 4 heteroatoms. The maximum absolute atomic E-state index is 4.93. The molecule has 1 aliphatic rings. The second kappa shape index (κ2) is 5.98. The van der Waals surface area contributed by atoms with Crippen molar-refractivity contribution in [2.45, 2.75) is 38.6 Å². The van der Waals surface area contributed by atoms with Crippen molar-refractivity contribution in [2.24, 2.45) is 0 Å². The zero-order chi connectivity index (χ0) is 14.8. The molecule has 2 aromatic heterocycles. The summed E-state index contributed by atoms with van der Waals surface area (Å²) in [6.45, 7) is 6.61. The molecule has 0 spiro atoms. The maximum atomic E-state index is 4.93. The Hall–Kier alpha value is -1.68. The Bertz CT molecular complexity index is 602. The zero-order valence-corrected chi connectivity index (χ0v) is 13.2. The van der Waals surface area contributed by atoms with E-state index >= 15 is 0 Å². The number of piperidine rings is 1. The first-order chi connectivity index (χ1) is 10.1. The number of aromatic nitrogens is 3. The van der Waals surface area contributed by atoms with Crippen molar-refractivity contribution in [3.8, 4) is 11.4 Å². The molecule has 1 saturated heterocycles. The summed E-state index contributed by atoms with van der Waals surface area (Å²) < 4.78 is 2.04. The summed E-state index contributed by atoms with van der Waals surface area (Å²) in [6.07, 6.45) is 4.36. The number of rotatable bonds is 3. The molecule has 0 N–H and O–H groups in total. The molecule has 0 amide bonds. The van der Waals surface area contributed by atoms with Crippen LogP contribution < -0.4 is 0 Å². The van der Waals surface area contributed by atoms with Gasteiger partial charge in [-0.15, -0.1) is 0 Å². The maximum Gasteiger partial charge on any atom is 0.0886 e. The van der Waals surface area contributed by atoms with Crippen LogP contribution >= 0.6 is 0 Å². The summed E-state index contributed by atoms with van der Waals surface area (Å²) in [4.78, 5) is 7.33. The highest BCUT2D eigenvalue weighted by molar-refractivity contribution is 5.54. The molecular formula is C17H24N4. The van der Waals surface area contributed by atoms with Crippen LogP contribution in [0.4, 0.5) is 0 Å². The van der Waals surface area contributed by atoms with Gasteiger partial charge in [0.2, 0.25) is 0 Å². The molecule has 0 radical (unpaired) electrons. The van der Waals surface area contributed by atoms with E-state index in [1.54, 1.807) is 0 Å². The second-order valence-electron chi connectivity index (χ2n) is 6.30. The van der Waals surface area contributed by atoms with Gasteiger partial charge in [-0.2, -0.15) is 5.10 Å². The first-order valence-electron chi connectivity index (χ1n) is 7.84. The third-order valence-electron chi connectivity index (χ3n) is 4.24. The molecule has 0 aliphatic carbocycles. The van der Waals surface area contributed by atoms with Crippen LogP contribution in [-0.4, -0.2) is 39.8 Å². The number of hydrogen-bond acceptors (Lipinski definition) is 3. The van der Waals surface area contributed by atoms with Crippen molar-refractivity contribution >= 4 is 0 Å². The van der Waals surface area contributed by atoms with Gasteiger partial charge < -0.3 is 4.90 Å². The van der Waals surface area contributed by atoms with Gasteiger partial charge in [-0.3, -0.25) is 9.67 Å². The molecule has 21 heavy (non-hydrogen) atoms. The van der Waals surface area contributed by atoms with Gasteiger partial charge in [0, 0.05) is 30.4 Å². The first kappa shape index (κ1) is 14.3. The molecule has 2 aromatic rings. The summed E-state index contributed by atoms with van der Waals surface area (Å²) in [5.41, 5.74) is 3.36. The minimum Gasteiger partial charge on any atom is -0.306 e. The predicted octanol–water partition coefficient (Wildman–Crippen LogP) is 3.34. The van der Waals surface area contributed by atoms with Gasteiger partial charge in [-0.25, -0.2) is 0 Å². The number of hydrogen-bond donors (Lipinski definition) is 0. The predicted molar refractivity (Wildman–Crippen MR) is 85.3 cm³/mol. The van der Waals surface area contributed by atoms with Gasteiger partial charge in [0.25, 0.3) is 0 Å². The quantitative estimate of drug-likeness (QED) is 0.867. The molecular weight excluding hydrogens is 260 g/mol. The Labute approximate surface area is 126 Å². The lowest BCUT2D eigenvalue weighted by Gasteiger charge is -2.29. The molecule has 1 atom stereocenters. The average Bonchev–Trinajstić information content (AvgIpc) is 2.97. The van der Waals surface area contributed by atoms with Crippen LogP contribution in [0.2, 0.25) is 0 Å². The fourth-order valence-corrected chi connectivity index (χ4v) is 3.16. The van der Waals surface area contributed by atoms with E-state index in [1.807, 2.05) is 10.9 Å². The minimum absolute atomic E-state index is 0.348. The molecule has 1 fully saturated rings. The third kappa shape index (κ3) is 3.00. The fourth-order valence-electron chi connectivity index (χ4n) is 3.16. The molecule has 3 rings (SSSR count). The first-order valence-corrected chi connectivity index (χ1v) is 7.84. The van der Waals surface area contributed by atoms with Crippen molar-refractivity contribution in [3.05, 3.63) is 36.2 Å². The Morgan fingerprint density at radius 1 is 1.24 bits per heavy atom. The molecule has 3 heterocycles. The molecule has 1 aliphatic heterocycles. The summed E-state index contributed by atoms with van der Waals surface area (Å²) in [6, 6.07) is 8.79. The standard InChI is InChI=1S/C17H24N4/c1-13(2)21-17(9-10-18-21)16-8-4-7-15(19-16)14-6-5-11-20(3)12-14/h4,7-10,13-14H,5-6,11-12H2,1-3H3. The van der Waals surface area contributed by atoms with Crippen molar-refractivity contribution in [2.75, 3.05) is 20.1 Å². The van der Waals surface area contributed by atoms with Crippen molar-refractivity contribution < 1.29 is 0 Å². The number of likely N-dealkylation sites (N-methyl/N-ethyl adjacent to an activating group) is 1. The molecule has 112 valence electrons.